The third kappa shape index (κ3) is 4.98. The molecule has 6 heteroatoms. The molecule has 0 aliphatic carbocycles. The van der Waals surface area contributed by atoms with Crippen LogP contribution in [0.25, 0.3) is 0 Å². The molecule has 0 saturated heterocycles. The highest BCUT2D eigenvalue weighted by Crippen LogP contribution is 2.23. The smallest absolute Gasteiger partial charge is 0.251 e. The van der Waals surface area contributed by atoms with Crippen LogP contribution < -0.4 is 21.3 Å². The Morgan fingerprint density at radius 2 is 2.00 bits per heavy atom. The first-order valence-corrected chi connectivity index (χ1v) is 6.94. The van der Waals surface area contributed by atoms with E-state index in [2.05, 4.69) is 10.6 Å². The van der Waals surface area contributed by atoms with Crippen molar-refractivity contribution >= 4 is 23.2 Å². The minimum Gasteiger partial charge on any atom is -0.397 e. The maximum atomic E-state index is 11.8. The number of anilines is 2. The Kier molecular flexibility index (Phi) is 6.02. The van der Waals surface area contributed by atoms with Gasteiger partial charge in [0.25, 0.3) is 5.91 Å². The van der Waals surface area contributed by atoms with Crippen LogP contribution in [0, 0.1) is 5.92 Å². The zero-order valence-electron chi connectivity index (χ0n) is 13.1. The summed E-state index contributed by atoms with van der Waals surface area (Å²) in [6, 6.07) is 5.01. The molecule has 2 amide bonds. The van der Waals surface area contributed by atoms with E-state index in [1.54, 1.807) is 37.2 Å². The van der Waals surface area contributed by atoms with Crippen molar-refractivity contribution in [1.82, 2.24) is 10.6 Å². The molecule has 0 bridgehead atoms. The van der Waals surface area contributed by atoms with E-state index in [1.165, 1.54) is 0 Å². The maximum absolute atomic E-state index is 11.8. The second kappa shape index (κ2) is 7.52. The van der Waals surface area contributed by atoms with Crippen LogP contribution in [0.4, 0.5) is 11.4 Å². The van der Waals surface area contributed by atoms with Gasteiger partial charge < -0.3 is 21.3 Å². The molecule has 1 aromatic rings. The number of likely N-dealkylation sites (N-methyl/N-ethyl adjacent to an activating group) is 1. The summed E-state index contributed by atoms with van der Waals surface area (Å²) in [5.41, 5.74) is 7.63. The van der Waals surface area contributed by atoms with Gasteiger partial charge in [0.1, 0.15) is 0 Å². The molecule has 0 saturated carbocycles. The van der Waals surface area contributed by atoms with Crippen molar-refractivity contribution in [1.29, 1.82) is 0 Å². The molecule has 1 aromatic carbocycles. The van der Waals surface area contributed by atoms with Crippen molar-refractivity contribution in [3.8, 4) is 0 Å². The van der Waals surface area contributed by atoms with Gasteiger partial charge in [0.2, 0.25) is 5.91 Å². The number of benzene rings is 1. The van der Waals surface area contributed by atoms with Crippen LogP contribution in [0.15, 0.2) is 18.2 Å². The molecular weight excluding hydrogens is 268 g/mol. The molecule has 116 valence electrons. The zero-order valence-corrected chi connectivity index (χ0v) is 13.1. The quantitative estimate of drug-likeness (QED) is 0.678. The Bertz CT molecular complexity index is 514. The standard InChI is InChI=1S/C15H24N4O2/c1-10(2)8-18-14(20)9-19(4)13-7-11(15(21)17-3)5-6-12(13)16/h5-7,10H,8-9,16H2,1-4H3,(H,17,21)(H,18,20). The van der Waals surface area contributed by atoms with E-state index in [0.29, 0.717) is 29.4 Å². The van der Waals surface area contributed by atoms with Crippen LogP contribution >= 0.6 is 0 Å². The average molecular weight is 292 g/mol. The van der Waals surface area contributed by atoms with Crippen LogP contribution in [-0.2, 0) is 4.79 Å². The molecule has 0 radical (unpaired) electrons. The number of carbonyl (C=O) groups is 2. The lowest BCUT2D eigenvalue weighted by Gasteiger charge is -2.21. The van der Waals surface area contributed by atoms with Crippen LogP contribution in [0.3, 0.4) is 0 Å². The van der Waals surface area contributed by atoms with Gasteiger partial charge in [0.05, 0.1) is 17.9 Å². The predicted molar refractivity (Wildman–Crippen MR) is 85.4 cm³/mol. The van der Waals surface area contributed by atoms with E-state index in [-0.39, 0.29) is 18.4 Å². The number of amides is 2. The highest BCUT2D eigenvalue weighted by molar-refractivity contribution is 5.96. The highest BCUT2D eigenvalue weighted by atomic mass is 16.2. The van der Waals surface area contributed by atoms with Crippen LogP contribution in [0.2, 0.25) is 0 Å². The number of nitrogens with two attached hydrogens (primary N) is 1. The third-order valence-electron chi connectivity index (χ3n) is 3.02. The molecule has 0 fully saturated rings. The van der Waals surface area contributed by atoms with E-state index in [1.807, 2.05) is 13.8 Å². The topological polar surface area (TPSA) is 87.5 Å². The SMILES string of the molecule is CNC(=O)c1ccc(N)c(N(C)CC(=O)NCC(C)C)c1. The summed E-state index contributed by atoms with van der Waals surface area (Å²) < 4.78 is 0. The van der Waals surface area contributed by atoms with Crippen molar-refractivity contribution < 1.29 is 9.59 Å². The fourth-order valence-corrected chi connectivity index (χ4v) is 1.83. The van der Waals surface area contributed by atoms with E-state index in [4.69, 9.17) is 5.73 Å². The van der Waals surface area contributed by atoms with Gasteiger partial charge in [-0.2, -0.15) is 0 Å². The molecule has 1 rings (SSSR count). The van der Waals surface area contributed by atoms with E-state index < -0.39 is 0 Å². The minimum atomic E-state index is -0.186. The summed E-state index contributed by atoms with van der Waals surface area (Å²) in [5.74, 6) is 0.144. The maximum Gasteiger partial charge on any atom is 0.251 e. The summed E-state index contributed by atoms with van der Waals surface area (Å²) in [7, 11) is 3.34. The van der Waals surface area contributed by atoms with E-state index in [0.717, 1.165) is 0 Å². The van der Waals surface area contributed by atoms with E-state index >= 15 is 0 Å². The van der Waals surface area contributed by atoms with Gasteiger partial charge in [0, 0.05) is 26.2 Å². The number of nitrogens with zero attached hydrogens (tertiary/aromatic N) is 1. The van der Waals surface area contributed by atoms with Gasteiger partial charge in [-0.1, -0.05) is 13.8 Å². The summed E-state index contributed by atoms with van der Waals surface area (Å²) in [6.07, 6.45) is 0. The monoisotopic (exact) mass is 292 g/mol. The van der Waals surface area contributed by atoms with Crippen molar-refractivity contribution in [2.24, 2.45) is 5.92 Å². The van der Waals surface area contributed by atoms with Gasteiger partial charge in [-0.3, -0.25) is 9.59 Å². The van der Waals surface area contributed by atoms with Gasteiger partial charge in [-0.15, -0.1) is 0 Å². The fourth-order valence-electron chi connectivity index (χ4n) is 1.83. The molecule has 0 atom stereocenters. The second-order valence-corrected chi connectivity index (χ2v) is 5.41. The van der Waals surface area contributed by atoms with Gasteiger partial charge in [0.15, 0.2) is 0 Å². The number of hydrogen-bond acceptors (Lipinski definition) is 4. The fraction of sp³-hybridized carbons (Fsp3) is 0.467. The normalized spacial score (nSPS) is 10.3. The Morgan fingerprint density at radius 3 is 2.57 bits per heavy atom. The lowest BCUT2D eigenvalue weighted by Crippen LogP contribution is -2.37. The third-order valence-corrected chi connectivity index (χ3v) is 3.02. The first-order valence-electron chi connectivity index (χ1n) is 6.94. The zero-order chi connectivity index (χ0) is 16.0. The summed E-state index contributed by atoms with van der Waals surface area (Å²) in [4.78, 5) is 25.2. The molecule has 0 unspecified atom stereocenters. The van der Waals surface area contributed by atoms with Crippen LogP contribution in [0.1, 0.15) is 24.2 Å². The summed E-state index contributed by atoms with van der Waals surface area (Å²) >= 11 is 0. The minimum absolute atomic E-state index is 0.0732. The molecule has 21 heavy (non-hydrogen) atoms. The molecule has 0 heterocycles. The number of hydrogen-bond donors (Lipinski definition) is 3. The molecular formula is C15H24N4O2. The summed E-state index contributed by atoms with van der Waals surface area (Å²) in [5, 5.41) is 5.41. The predicted octanol–water partition coefficient (Wildman–Crippen LogP) is 0.837. The number of rotatable bonds is 6. The first-order chi connectivity index (χ1) is 9.85. The van der Waals surface area contributed by atoms with Crippen LogP contribution in [0.5, 0.6) is 0 Å². The molecule has 4 N–H and O–H groups in total. The van der Waals surface area contributed by atoms with Crippen LogP contribution in [-0.4, -0.2) is 39.0 Å². The number of carbonyl (C=O) groups excluding carboxylic acids is 2. The van der Waals surface area contributed by atoms with Crippen molar-refractivity contribution in [2.45, 2.75) is 13.8 Å². The number of nitrogen functional groups attached to an aromatic ring is 1. The Labute approximate surface area is 125 Å². The largest absolute Gasteiger partial charge is 0.397 e. The lowest BCUT2D eigenvalue weighted by molar-refractivity contribution is -0.119. The highest BCUT2D eigenvalue weighted by Gasteiger charge is 2.13. The molecule has 0 aromatic heterocycles. The molecule has 0 aliphatic heterocycles. The van der Waals surface area contributed by atoms with Gasteiger partial charge >= 0.3 is 0 Å². The number of nitrogens with one attached hydrogen (secondary N) is 2. The Morgan fingerprint density at radius 1 is 1.33 bits per heavy atom. The lowest BCUT2D eigenvalue weighted by atomic mass is 10.1. The van der Waals surface area contributed by atoms with Crippen molar-refractivity contribution in [2.75, 3.05) is 37.8 Å². The van der Waals surface area contributed by atoms with Gasteiger partial charge in [-0.25, -0.2) is 0 Å². The Hall–Kier alpha value is -2.24. The molecule has 0 aliphatic rings. The van der Waals surface area contributed by atoms with Crippen molar-refractivity contribution in [3.05, 3.63) is 23.8 Å². The first kappa shape index (κ1) is 16.8. The second-order valence-electron chi connectivity index (χ2n) is 5.41. The molecule has 6 nitrogen and oxygen atoms in total. The Balaban J connectivity index is 2.79. The molecule has 0 spiro atoms. The van der Waals surface area contributed by atoms with E-state index in [9.17, 15) is 9.59 Å². The van der Waals surface area contributed by atoms with Crippen molar-refractivity contribution in [3.63, 3.8) is 0 Å². The average Bonchev–Trinajstić information content (AvgIpc) is 2.44. The van der Waals surface area contributed by atoms with Gasteiger partial charge in [-0.05, 0) is 24.1 Å². The summed E-state index contributed by atoms with van der Waals surface area (Å²) in [6.45, 7) is 4.90.